The number of aliphatic hydroxyl groups is 1. The summed E-state index contributed by atoms with van der Waals surface area (Å²) in [7, 11) is 0. The molecule has 0 aliphatic heterocycles. The van der Waals surface area contributed by atoms with Crippen LogP contribution in [0.2, 0.25) is 0 Å². The van der Waals surface area contributed by atoms with Crippen LogP contribution in [0.5, 0.6) is 0 Å². The second-order valence-corrected chi connectivity index (χ2v) is 5.41. The zero-order chi connectivity index (χ0) is 11.5. The minimum atomic E-state index is -0.209. The smallest absolute Gasteiger partial charge is 0.0662 e. The van der Waals surface area contributed by atoms with Gasteiger partial charge in [-0.1, -0.05) is 27.2 Å². The number of aliphatic hydroxyl groups excluding tert-OH is 1. The standard InChI is InChI=1S/C13H23NO/c1-4-12(3,10-15)11(9-14)8-13(5-2)6-7-13/h11,15H,4-8,10H2,1-3H3/t11-,12?/m0/s1. The highest BCUT2D eigenvalue weighted by atomic mass is 16.3. The Morgan fingerprint density at radius 3 is 2.33 bits per heavy atom. The van der Waals surface area contributed by atoms with Crippen LogP contribution in [0.1, 0.15) is 52.9 Å². The van der Waals surface area contributed by atoms with E-state index in [1.807, 2.05) is 6.92 Å². The molecule has 1 N–H and O–H groups in total. The first-order chi connectivity index (χ1) is 7.05. The number of nitriles is 1. The fourth-order valence-corrected chi connectivity index (χ4v) is 2.23. The molecule has 0 amide bonds. The molecule has 0 aromatic heterocycles. The van der Waals surface area contributed by atoms with Gasteiger partial charge in [0.25, 0.3) is 0 Å². The van der Waals surface area contributed by atoms with Crippen molar-refractivity contribution in [2.24, 2.45) is 16.7 Å². The second-order valence-electron chi connectivity index (χ2n) is 5.41. The molecule has 1 unspecified atom stereocenters. The Kier molecular flexibility index (Phi) is 3.78. The van der Waals surface area contributed by atoms with Crippen LogP contribution in [0.25, 0.3) is 0 Å². The van der Waals surface area contributed by atoms with Gasteiger partial charge in [0.15, 0.2) is 0 Å². The van der Waals surface area contributed by atoms with Crippen LogP contribution < -0.4 is 0 Å². The molecule has 86 valence electrons. The molecule has 0 aromatic rings. The zero-order valence-electron chi connectivity index (χ0n) is 10.2. The molecule has 0 bridgehead atoms. The minimum Gasteiger partial charge on any atom is -0.396 e. The Balaban J connectivity index is 2.68. The zero-order valence-corrected chi connectivity index (χ0v) is 10.2. The summed E-state index contributed by atoms with van der Waals surface area (Å²) in [6.45, 7) is 6.43. The number of hydrogen-bond acceptors (Lipinski definition) is 2. The number of rotatable bonds is 6. The topological polar surface area (TPSA) is 44.0 Å². The Morgan fingerprint density at radius 1 is 1.47 bits per heavy atom. The number of hydrogen-bond donors (Lipinski definition) is 1. The van der Waals surface area contributed by atoms with Crippen LogP contribution in [-0.2, 0) is 0 Å². The molecule has 2 heteroatoms. The number of nitrogens with zero attached hydrogens (tertiary/aromatic N) is 1. The van der Waals surface area contributed by atoms with Crippen molar-refractivity contribution in [3.05, 3.63) is 0 Å². The van der Waals surface area contributed by atoms with Crippen molar-refractivity contribution in [2.75, 3.05) is 6.61 Å². The van der Waals surface area contributed by atoms with E-state index in [4.69, 9.17) is 0 Å². The van der Waals surface area contributed by atoms with Crippen molar-refractivity contribution in [3.63, 3.8) is 0 Å². The average molecular weight is 209 g/mol. The van der Waals surface area contributed by atoms with Crippen molar-refractivity contribution < 1.29 is 5.11 Å². The highest BCUT2D eigenvalue weighted by Gasteiger charge is 2.46. The van der Waals surface area contributed by atoms with Crippen molar-refractivity contribution in [1.82, 2.24) is 0 Å². The van der Waals surface area contributed by atoms with Gasteiger partial charge in [0.2, 0.25) is 0 Å². The molecule has 0 heterocycles. The van der Waals surface area contributed by atoms with Crippen LogP contribution in [0, 0.1) is 28.1 Å². The summed E-state index contributed by atoms with van der Waals surface area (Å²) in [5.74, 6) is 0.00921. The molecular formula is C13H23NO. The predicted octanol–water partition coefficient (Wildman–Crippen LogP) is 3.12. The maximum atomic E-state index is 9.43. The van der Waals surface area contributed by atoms with Crippen molar-refractivity contribution in [2.45, 2.75) is 52.9 Å². The summed E-state index contributed by atoms with van der Waals surface area (Å²) < 4.78 is 0. The first-order valence-electron chi connectivity index (χ1n) is 6.06. The van der Waals surface area contributed by atoms with E-state index in [1.54, 1.807) is 0 Å². The largest absolute Gasteiger partial charge is 0.396 e. The van der Waals surface area contributed by atoms with Gasteiger partial charge in [-0.15, -0.1) is 0 Å². The van der Waals surface area contributed by atoms with Crippen molar-refractivity contribution >= 4 is 0 Å². The Morgan fingerprint density at radius 2 is 2.07 bits per heavy atom. The van der Waals surface area contributed by atoms with E-state index < -0.39 is 0 Å². The molecule has 0 aromatic carbocycles. The van der Waals surface area contributed by atoms with Crippen LogP contribution in [0.3, 0.4) is 0 Å². The fraction of sp³-hybridized carbons (Fsp3) is 0.923. The van der Waals surface area contributed by atoms with Gasteiger partial charge in [0.1, 0.15) is 0 Å². The van der Waals surface area contributed by atoms with Crippen molar-refractivity contribution in [1.29, 1.82) is 5.26 Å². The van der Waals surface area contributed by atoms with E-state index in [9.17, 15) is 10.4 Å². The van der Waals surface area contributed by atoms with Crippen LogP contribution >= 0.6 is 0 Å². The molecule has 1 rings (SSSR count). The van der Waals surface area contributed by atoms with Crippen molar-refractivity contribution in [3.8, 4) is 6.07 Å². The third kappa shape index (κ3) is 2.52. The minimum absolute atomic E-state index is 0.00921. The Bertz CT molecular complexity index is 246. The normalized spacial score (nSPS) is 23.9. The molecular weight excluding hydrogens is 186 g/mol. The third-order valence-corrected chi connectivity index (χ3v) is 4.51. The summed E-state index contributed by atoms with van der Waals surface area (Å²) in [6.07, 6.45) is 5.57. The van der Waals surface area contributed by atoms with E-state index in [0.717, 1.165) is 12.8 Å². The highest BCUT2D eigenvalue weighted by molar-refractivity contribution is 5.03. The first kappa shape index (κ1) is 12.5. The average Bonchev–Trinajstić information content (AvgIpc) is 3.05. The third-order valence-electron chi connectivity index (χ3n) is 4.51. The lowest BCUT2D eigenvalue weighted by molar-refractivity contribution is 0.0829. The van der Waals surface area contributed by atoms with E-state index in [-0.39, 0.29) is 17.9 Å². The van der Waals surface area contributed by atoms with Crippen LogP contribution in [0.4, 0.5) is 0 Å². The van der Waals surface area contributed by atoms with Gasteiger partial charge in [-0.3, -0.25) is 0 Å². The lowest BCUT2D eigenvalue weighted by atomic mass is 9.71. The second kappa shape index (κ2) is 4.53. The van der Waals surface area contributed by atoms with E-state index in [0.29, 0.717) is 5.41 Å². The summed E-state index contributed by atoms with van der Waals surface area (Å²) in [5, 5.41) is 18.7. The van der Waals surface area contributed by atoms with Crippen LogP contribution in [-0.4, -0.2) is 11.7 Å². The summed E-state index contributed by atoms with van der Waals surface area (Å²) in [4.78, 5) is 0. The van der Waals surface area contributed by atoms with Gasteiger partial charge in [0.05, 0.1) is 12.0 Å². The quantitative estimate of drug-likeness (QED) is 0.730. The van der Waals surface area contributed by atoms with Gasteiger partial charge < -0.3 is 5.11 Å². The van der Waals surface area contributed by atoms with E-state index >= 15 is 0 Å². The van der Waals surface area contributed by atoms with Gasteiger partial charge in [0, 0.05) is 12.0 Å². The SMILES string of the molecule is CCC1(C[C@@H](C#N)C(C)(CC)CO)CC1. The summed E-state index contributed by atoms with van der Waals surface area (Å²) >= 11 is 0. The molecule has 0 spiro atoms. The van der Waals surface area contributed by atoms with E-state index in [2.05, 4.69) is 19.9 Å². The molecule has 15 heavy (non-hydrogen) atoms. The molecule has 0 saturated heterocycles. The maximum Gasteiger partial charge on any atom is 0.0662 e. The van der Waals surface area contributed by atoms with Gasteiger partial charge in [-0.2, -0.15) is 5.26 Å². The highest BCUT2D eigenvalue weighted by Crippen LogP contribution is 2.55. The van der Waals surface area contributed by atoms with E-state index in [1.165, 1.54) is 19.3 Å². The Labute approximate surface area is 93.3 Å². The van der Waals surface area contributed by atoms with Gasteiger partial charge >= 0.3 is 0 Å². The van der Waals surface area contributed by atoms with Gasteiger partial charge in [-0.05, 0) is 31.1 Å². The summed E-state index contributed by atoms with van der Waals surface area (Å²) in [5.41, 5.74) is 0.228. The molecule has 0 radical (unpaired) electrons. The first-order valence-corrected chi connectivity index (χ1v) is 6.06. The lowest BCUT2D eigenvalue weighted by Crippen LogP contribution is -2.31. The fourth-order valence-electron chi connectivity index (χ4n) is 2.23. The molecule has 2 nitrogen and oxygen atoms in total. The molecule has 1 aliphatic rings. The predicted molar refractivity (Wildman–Crippen MR) is 61.2 cm³/mol. The summed E-state index contributed by atoms with van der Waals surface area (Å²) in [6, 6.07) is 2.41. The molecule has 1 aliphatic carbocycles. The van der Waals surface area contributed by atoms with Crippen LogP contribution in [0.15, 0.2) is 0 Å². The Hall–Kier alpha value is -0.550. The molecule has 1 saturated carbocycles. The molecule has 1 fully saturated rings. The lowest BCUT2D eigenvalue weighted by Gasteiger charge is -2.33. The molecule has 2 atom stereocenters. The monoisotopic (exact) mass is 209 g/mol. The maximum absolute atomic E-state index is 9.43. The van der Waals surface area contributed by atoms with Gasteiger partial charge in [-0.25, -0.2) is 0 Å².